The summed E-state index contributed by atoms with van der Waals surface area (Å²) in [4.78, 5) is 12.4. The maximum Gasteiger partial charge on any atom is 0.318 e. The van der Waals surface area contributed by atoms with Gasteiger partial charge < -0.3 is 15.4 Å². The Balaban J connectivity index is 1.64. The number of rotatable bonds is 6. The summed E-state index contributed by atoms with van der Waals surface area (Å²) in [5.41, 5.74) is 4.28. The van der Waals surface area contributed by atoms with Crippen molar-refractivity contribution in [3.05, 3.63) is 101 Å². The second kappa shape index (κ2) is 8.90. The van der Waals surface area contributed by atoms with Gasteiger partial charge >= 0.3 is 6.03 Å². The number of aryl methyl sites for hydroxylation is 1. The first-order chi connectivity index (χ1) is 13.1. The molecule has 0 aliphatic rings. The van der Waals surface area contributed by atoms with E-state index < -0.39 is 0 Å². The predicted molar refractivity (Wildman–Crippen MR) is 108 cm³/mol. The van der Waals surface area contributed by atoms with E-state index in [4.69, 9.17) is 4.74 Å². The number of amides is 2. The number of benzene rings is 3. The minimum atomic E-state index is -0.280. The average molecular weight is 360 g/mol. The van der Waals surface area contributed by atoms with Crippen LogP contribution in [0.1, 0.15) is 28.3 Å². The molecule has 4 heteroatoms. The lowest BCUT2D eigenvalue weighted by atomic mass is 9.99. The van der Waals surface area contributed by atoms with Crippen LogP contribution in [0.3, 0.4) is 0 Å². The number of hydrogen-bond donors (Lipinski definition) is 2. The summed E-state index contributed by atoms with van der Waals surface area (Å²) < 4.78 is 5.71. The molecule has 3 aromatic carbocycles. The Morgan fingerprint density at radius 2 is 1.44 bits per heavy atom. The largest absolute Gasteiger partial charge is 0.473 e. The molecule has 0 fully saturated rings. The quantitative estimate of drug-likeness (QED) is 0.625. The lowest BCUT2D eigenvalue weighted by Gasteiger charge is -2.20. The summed E-state index contributed by atoms with van der Waals surface area (Å²) in [5, 5.41) is 5.81. The van der Waals surface area contributed by atoms with Gasteiger partial charge in [0.2, 0.25) is 0 Å². The smallest absolute Gasteiger partial charge is 0.318 e. The summed E-state index contributed by atoms with van der Waals surface area (Å²) in [6.07, 6.45) is 0. The van der Waals surface area contributed by atoms with Crippen molar-refractivity contribution in [3.63, 3.8) is 0 Å². The molecule has 0 saturated heterocycles. The van der Waals surface area contributed by atoms with Gasteiger partial charge in [-0.05, 0) is 42.2 Å². The van der Waals surface area contributed by atoms with Gasteiger partial charge in [0.15, 0.2) is 6.73 Å². The van der Waals surface area contributed by atoms with Crippen molar-refractivity contribution < 1.29 is 9.53 Å². The first-order valence-corrected chi connectivity index (χ1v) is 8.98. The van der Waals surface area contributed by atoms with E-state index in [1.165, 1.54) is 0 Å². The summed E-state index contributed by atoms with van der Waals surface area (Å²) >= 11 is 0. The highest BCUT2D eigenvalue weighted by atomic mass is 16.5. The van der Waals surface area contributed by atoms with Gasteiger partial charge in [-0.1, -0.05) is 72.8 Å². The van der Waals surface area contributed by atoms with Crippen LogP contribution in [0, 0.1) is 13.8 Å². The fourth-order valence-corrected chi connectivity index (χ4v) is 2.89. The summed E-state index contributed by atoms with van der Waals surface area (Å²) in [5.74, 6) is 0.776. The molecule has 0 heterocycles. The van der Waals surface area contributed by atoms with Crippen LogP contribution in [-0.2, 0) is 0 Å². The number of ether oxygens (including phenoxy) is 1. The molecule has 2 amide bonds. The van der Waals surface area contributed by atoms with Gasteiger partial charge in [0.1, 0.15) is 5.75 Å². The molecule has 0 unspecified atom stereocenters. The molecule has 4 nitrogen and oxygen atoms in total. The lowest BCUT2D eigenvalue weighted by molar-refractivity contribution is 0.221. The lowest BCUT2D eigenvalue weighted by Crippen LogP contribution is -2.40. The van der Waals surface area contributed by atoms with E-state index >= 15 is 0 Å². The van der Waals surface area contributed by atoms with Gasteiger partial charge in [-0.2, -0.15) is 0 Å². The second-order valence-corrected chi connectivity index (χ2v) is 6.39. The highest BCUT2D eigenvalue weighted by Gasteiger charge is 2.16. The van der Waals surface area contributed by atoms with Crippen molar-refractivity contribution in [2.75, 3.05) is 6.73 Å². The highest BCUT2D eigenvalue weighted by molar-refractivity contribution is 5.75. The van der Waals surface area contributed by atoms with Crippen LogP contribution in [0.4, 0.5) is 4.79 Å². The zero-order valence-electron chi connectivity index (χ0n) is 15.6. The van der Waals surface area contributed by atoms with Gasteiger partial charge in [0.05, 0.1) is 6.04 Å². The van der Waals surface area contributed by atoms with Crippen molar-refractivity contribution in [3.8, 4) is 5.75 Å². The van der Waals surface area contributed by atoms with Crippen LogP contribution in [0.5, 0.6) is 5.75 Å². The van der Waals surface area contributed by atoms with Crippen molar-refractivity contribution in [1.82, 2.24) is 10.6 Å². The Kier molecular flexibility index (Phi) is 6.10. The fourth-order valence-electron chi connectivity index (χ4n) is 2.89. The maximum absolute atomic E-state index is 12.4. The third-order valence-electron chi connectivity index (χ3n) is 4.56. The zero-order valence-corrected chi connectivity index (χ0v) is 15.6. The van der Waals surface area contributed by atoms with E-state index in [1.807, 2.05) is 92.7 Å². The third-order valence-corrected chi connectivity index (χ3v) is 4.56. The van der Waals surface area contributed by atoms with E-state index in [0.29, 0.717) is 0 Å². The van der Waals surface area contributed by atoms with E-state index in [2.05, 4.69) is 10.6 Å². The molecule has 0 aliphatic heterocycles. The molecule has 0 bridgehead atoms. The van der Waals surface area contributed by atoms with Crippen LogP contribution in [0.15, 0.2) is 78.9 Å². The number of hydrogen-bond acceptors (Lipinski definition) is 2. The van der Waals surface area contributed by atoms with Crippen molar-refractivity contribution in [2.45, 2.75) is 19.9 Å². The minimum absolute atomic E-state index is 0.104. The molecule has 0 aliphatic carbocycles. The Hall–Kier alpha value is -3.27. The molecule has 3 rings (SSSR count). The maximum atomic E-state index is 12.4. The van der Waals surface area contributed by atoms with E-state index in [1.54, 1.807) is 0 Å². The molecular weight excluding hydrogens is 336 g/mol. The van der Waals surface area contributed by atoms with Crippen LogP contribution < -0.4 is 15.4 Å². The van der Waals surface area contributed by atoms with Crippen LogP contribution in [-0.4, -0.2) is 12.8 Å². The highest BCUT2D eigenvalue weighted by Crippen LogP contribution is 2.22. The molecule has 138 valence electrons. The van der Waals surface area contributed by atoms with Crippen LogP contribution in [0.25, 0.3) is 0 Å². The first kappa shape index (κ1) is 18.5. The Labute approximate surface area is 160 Å². The van der Waals surface area contributed by atoms with Gasteiger partial charge in [-0.3, -0.25) is 0 Å². The average Bonchev–Trinajstić information content (AvgIpc) is 2.71. The van der Waals surface area contributed by atoms with E-state index in [-0.39, 0.29) is 18.8 Å². The first-order valence-electron chi connectivity index (χ1n) is 8.98. The SMILES string of the molecule is Cc1cccc(OCNC(=O)NC(c2ccccc2)c2ccccc2)c1C. The molecular formula is C23H24N2O2. The number of carbonyl (C=O) groups is 1. The topological polar surface area (TPSA) is 50.4 Å². The summed E-state index contributed by atoms with van der Waals surface area (Å²) in [6, 6.07) is 25.2. The summed E-state index contributed by atoms with van der Waals surface area (Å²) in [7, 11) is 0. The van der Waals surface area contributed by atoms with Gasteiger partial charge in [0.25, 0.3) is 0 Å². The molecule has 3 aromatic rings. The van der Waals surface area contributed by atoms with Crippen molar-refractivity contribution in [2.24, 2.45) is 0 Å². The molecule has 0 saturated carbocycles. The predicted octanol–water partition coefficient (Wildman–Crippen LogP) is 4.73. The number of urea groups is 1. The summed E-state index contributed by atoms with van der Waals surface area (Å²) in [6.45, 7) is 4.14. The number of nitrogens with one attached hydrogen (secondary N) is 2. The molecule has 0 aromatic heterocycles. The van der Waals surface area contributed by atoms with E-state index in [9.17, 15) is 4.79 Å². The third kappa shape index (κ3) is 4.88. The normalized spacial score (nSPS) is 10.5. The van der Waals surface area contributed by atoms with Gasteiger partial charge in [-0.15, -0.1) is 0 Å². The number of carbonyl (C=O) groups excluding carboxylic acids is 1. The monoisotopic (exact) mass is 360 g/mol. The van der Waals surface area contributed by atoms with E-state index in [0.717, 1.165) is 28.0 Å². The van der Waals surface area contributed by atoms with Crippen LogP contribution >= 0.6 is 0 Å². The van der Waals surface area contributed by atoms with Crippen LogP contribution in [0.2, 0.25) is 0 Å². The second-order valence-electron chi connectivity index (χ2n) is 6.39. The zero-order chi connectivity index (χ0) is 19.1. The molecule has 27 heavy (non-hydrogen) atoms. The minimum Gasteiger partial charge on any atom is -0.473 e. The van der Waals surface area contributed by atoms with Gasteiger partial charge in [-0.25, -0.2) is 4.79 Å². The fraction of sp³-hybridized carbons (Fsp3) is 0.174. The van der Waals surface area contributed by atoms with Gasteiger partial charge in [0, 0.05) is 0 Å². The molecule has 0 atom stereocenters. The Morgan fingerprint density at radius 3 is 2.04 bits per heavy atom. The van der Waals surface area contributed by atoms with Crippen molar-refractivity contribution >= 4 is 6.03 Å². The standard InChI is InChI=1S/C23H24N2O2/c1-17-10-9-15-21(18(17)2)27-16-24-23(26)25-22(19-11-5-3-6-12-19)20-13-7-4-8-14-20/h3-15,22H,16H2,1-2H3,(H2,24,25,26). The Morgan fingerprint density at radius 1 is 0.852 bits per heavy atom. The van der Waals surface area contributed by atoms with Crippen molar-refractivity contribution in [1.29, 1.82) is 0 Å². The Bertz CT molecular complexity index is 840. The molecule has 0 radical (unpaired) electrons. The molecule has 0 spiro atoms. The molecule has 2 N–H and O–H groups in total.